The van der Waals surface area contributed by atoms with Crippen LogP contribution in [0.25, 0.3) is 21.9 Å². The fourth-order valence-corrected chi connectivity index (χ4v) is 4.75. The molecule has 5 N–H and O–H groups in total. The highest BCUT2D eigenvalue weighted by Gasteiger charge is 2.40. The molecule has 0 bridgehead atoms. The van der Waals surface area contributed by atoms with E-state index in [0.717, 1.165) is 32.4 Å². The number of piperidine rings is 1. The molecule has 0 saturated carbocycles. The van der Waals surface area contributed by atoms with Crippen LogP contribution < -0.4 is 16.0 Å². The Labute approximate surface area is 186 Å². The number of hydrogen-bond acceptors (Lipinski definition) is 6. The van der Waals surface area contributed by atoms with Gasteiger partial charge in [0.15, 0.2) is 5.65 Å². The van der Waals surface area contributed by atoms with Gasteiger partial charge in [-0.2, -0.15) is 5.10 Å². The summed E-state index contributed by atoms with van der Waals surface area (Å²) in [6.07, 6.45) is 2.83. The lowest BCUT2D eigenvalue weighted by Gasteiger charge is -2.40. The number of carbonyl (C=O) groups excluding carboxylic acids is 1. The van der Waals surface area contributed by atoms with Crippen LogP contribution in [0.1, 0.15) is 18.5 Å². The van der Waals surface area contributed by atoms with Crippen molar-refractivity contribution >= 4 is 49.6 Å². The Kier molecular flexibility index (Phi) is 5.11. The van der Waals surface area contributed by atoms with Gasteiger partial charge in [-0.05, 0) is 46.3 Å². The van der Waals surface area contributed by atoms with Crippen LogP contribution in [0.4, 0.5) is 5.82 Å². The number of H-pyrrole nitrogens is 2. The Morgan fingerprint density at radius 1 is 1.26 bits per heavy atom. The maximum atomic E-state index is 13.1. The van der Waals surface area contributed by atoms with E-state index in [1.165, 1.54) is 6.33 Å². The maximum Gasteiger partial charge on any atom is 0.227 e. The number of para-hydroxylation sites is 1. The molecule has 1 aliphatic heterocycles. The van der Waals surface area contributed by atoms with Crippen LogP contribution in [0.5, 0.6) is 0 Å². The Morgan fingerprint density at radius 3 is 2.84 bits per heavy atom. The minimum atomic E-state index is -0.581. The molecule has 4 heterocycles. The Bertz CT molecular complexity index is 1210. The molecule has 3 aromatic heterocycles. The number of fused-ring (bicyclic) bond motifs is 2. The monoisotopic (exact) mass is 482 g/mol. The topological polar surface area (TPSA) is 129 Å². The third kappa shape index (κ3) is 3.55. The number of aromatic amines is 2. The first-order valence-electron chi connectivity index (χ1n) is 10.2. The van der Waals surface area contributed by atoms with Gasteiger partial charge in [0, 0.05) is 30.8 Å². The number of nitrogens with two attached hydrogens (primary N) is 1. The second kappa shape index (κ2) is 7.93. The van der Waals surface area contributed by atoms with Crippen molar-refractivity contribution in [1.82, 2.24) is 30.5 Å². The highest BCUT2D eigenvalue weighted by Crippen LogP contribution is 2.35. The molecular formula is C21H23BrN8O. The summed E-state index contributed by atoms with van der Waals surface area (Å²) in [4.78, 5) is 27.3. The van der Waals surface area contributed by atoms with E-state index in [4.69, 9.17) is 5.73 Å². The standard InChI is InChI=1S/C21H23BrN8O/c22-17-16-18(29-28-17)25-12-26-19(16)30-7-5-21(11-23,6-8-30)20(31)24-10-14-9-13-3-1-2-4-15(13)27-14/h1-4,9,12,27H,5-8,10-11,23H2,(H,24,31)(H,25,26,28,29). The van der Waals surface area contributed by atoms with Crippen LogP contribution in [0.3, 0.4) is 0 Å². The van der Waals surface area contributed by atoms with Crippen molar-refractivity contribution in [2.45, 2.75) is 19.4 Å². The van der Waals surface area contributed by atoms with Crippen LogP contribution in [0, 0.1) is 5.41 Å². The van der Waals surface area contributed by atoms with Crippen molar-refractivity contribution < 1.29 is 4.79 Å². The highest BCUT2D eigenvalue weighted by molar-refractivity contribution is 9.10. The zero-order valence-corrected chi connectivity index (χ0v) is 18.4. The molecule has 0 radical (unpaired) electrons. The minimum Gasteiger partial charge on any atom is -0.357 e. The number of amides is 1. The van der Waals surface area contributed by atoms with Crippen LogP contribution in [-0.4, -0.2) is 50.7 Å². The quantitative estimate of drug-likeness (QED) is 0.345. The normalized spacial score (nSPS) is 16.1. The molecule has 31 heavy (non-hydrogen) atoms. The van der Waals surface area contributed by atoms with E-state index >= 15 is 0 Å². The number of hydrogen-bond donors (Lipinski definition) is 4. The van der Waals surface area contributed by atoms with E-state index in [-0.39, 0.29) is 5.91 Å². The first kappa shape index (κ1) is 20.0. The van der Waals surface area contributed by atoms with E-state index in [1.807, 2.05) is 18.2 Å². The summed E-state index contributed by atoms with van der Waals surface area (Å²) in [7, 11) is 0. The first-order chi connectivity index (χ1) is 15.1. The number of halogens is 1. The fourth-order valence-electron chi connectivity index (χ4n) is 4.31. The molecule has 0 aliphatic carbocycles. The third-order valence-corrected chi connectivity index (χ3v) is 6.78. The number of nitrogens with zero attached hydrogens (tertiary/aromatic N) is 4. The molecule has 10 heteroatoms. The van der Waals surface area contributed by atoms with Gasteiger partial charge in [0.2, 0.25) is 5.91 Å². The van der Waals surface area contributed by atoms with Crippen molar-refractivity contribution in [3.05, 3.63) is 47.0 Å². The molecule has 1 saturated heterocycles. The third-order valence-electron chi connectivity index (χ3n) is 6.20. The van der Waals surface area contributed by atoms with Gasteiger partial charge >= 0.3 is 0 Å². The Morgan fingerprint density at radius 2 is 2.06 bits per heavy atom. The summed E-state index contributed by atoms with van der Waals surface area (Å²) in [6.45, 7) is 2.13. The van der Waals surface area contributed by atoms with E-state index < -0.39 is 5.41 Å². The van der Waals surface area contributed by atoms with Gasteiger partial charge in [-0.1, -0.05) is 18.2 Å². The molecule has 1 aromatic carbocycles. The lowest BCUT2D eigenvalue weighted by atomic mass is 9.77. The summed E-state index contributed by atoms with van der Waals surface area (Å²) in [6, 6.07) is 10.1. The van der Waals surface area contributed by atoms with Gasteiger partial charge in [0.1, 0.15) is 16.7 Å². The molecule has 0 atom stereocenters. The SMILES string of the molecule is NCC1(C(=O)NCc2cc3ccccc3[nH]2)CCN(c2ncnc3n[nH]c(Br)c23)CC1. The van der Waals surface area contributed by atoms with Crippen molar-refractivity contribution in [3.8, 4) is 0 Å². The number of rotatable bonds is 5. The summed E-state index contributed by atoms with van der Waals surface area (Å²) in [5.74, 6) is 0.820. The number of aromatic nitrogens is 5. The highest BCUT2D eigenvalue weighted by atomic mass is 79.9. The fraction of sp³-hybridized carbons (Fsp3) is 0.333. The average molecular weight is 483 g/mol. The van der Waals surface area contributed by atoms with Crippen molar-refractivity contribution in [3.63, 3.8) is 0 Å². The zero-order valence-electron chi connectivity index (χ0n) is 16.9. The lowest BCUT2D eigenvalue weighted by Crippen LogP contribution is -2.52. The molecule has 1 aliphatic rings. The molecule has 9 nitrogen and oxygen atoms in total. The summed E-state index contributed by atoms with van der Waals surface area (Å²) in [5.41, 5.74) is 8.19. The predicted octanol–water partition coefficient (Wildman–Crippen LogP) is 2.46. The number of nitrogens with one attached hydrogen (secondary N) is 3. The minimum absolute atomic E-state index is 0.00522. The van der Waals surface area contributed by atoms with E-state index in [1.54, 1.807) is 0 Å². The molecule has 1 fully saturated rings. The Balaban J connectivity index is 1.28. The predicted molar refractivity (Wildman–Crippen MR) is 122 cm³/mol. The second-order valence-corrected chi connectivity index (χ2v) is 8.76. The lowest BCUT2D eigenvalue weighted by molar-refractivity contribution is -0.131. The van der Waals surface area contributed by atoms with Gasteiger partial charge in [-0.3, -0.25) is 9.89 Å². The van der Waals surface area contributed by atoms with E-state index in [0.29, 0.717) is 44.7 Å². The molecule has 0 spiro atoms. The Hall–Kier alpha value is -2.98. The van der Waals surface area contributed by atoms with Gasteiger partial charge in [0.25, 0.3) is 0 Å². The summed E-state index contributed by atoms with van der Waals surface area (Å²) >= 11 is 3.49. The van der Waals surface area contributed by atoms with Crippen molar-refractivity contribution in [2.75, 3.05) is 24.5 Å². The molecule has 4 aromatic rings. The molecule has 160 valence electrons. The first-order valence-corrected chi connectivity index (χ1v) is 11.0. The molecular weight excluding hydrogens is 460 g/mol. The van der Waals surface area contributed by atoms with E-state index in [2.05, 4.69) is 63.4 Å². The molecule has 5 rings (SSSR count). The summed E-state index contributed by atoms with van der Waals surface area (Å²) < 4.78 is 0.754. The maximum absolute atomic E-state index is 13.1. The van der Waals surface area contributed by atoms with Crippen molar-refractivity contribution in [1.29, 1.82) is 0 Å². The van der Waals surface area contributed by atoms with Crippen LogP contribution in [0.15, 0.2) is 41.3 Å². The molecule has 1 amide bonds. The summed E-state index contributed by atoms with van der Waals surface area (Å²) in [5, 5.41) is 12.2. The average Bonchev–Trinajstić information content (AvgIpc) is 3.40. The van der Waals surface area contributed by atoms with Crippen LogP contribution in [-0.2, 0) is 11.3 Å². The second-order valence-electron chi connectivity index (χ2n) is 7.97. The zero-order chi connectivity index (χ0) is 21.4. The van der Waals surface area contributed by atoms with Gasteiger partial charge in [0.05, 0.1) is 17.3 Å². The van der Waals surface area contributed by atoms with Gasteiger partial charge in [-0.25, -0.2) is 9.97 Å². The van der Waals surface area contributed by atoms with Crippen LogP contribution >= 0.6 is 15.9 Å². The van der Waals surface area contributed by atoms with E-state index in [9.17, 15) is 4.79 Å². The number of benzene rings is 1. The van der Waals surface area contributed by atoms with Crippen molar-refractivity contribution in [2.24, 2.45) is 11.1 Å². The molecule has 0 unspecified atom stereocenters. The van der Waals surface area contributed by atoms with Crippen LogP contribution in [0.2, 0.25) is 0 Å². The smallest absolute Gasteiger partial charge is 0.227 e. The number of carbonyl (C=O) groups is 1. The van der Waals surface area contributed by atoms with Gasteiger partial charge < -0.3 is 20.9 Å². The largest absolute Gasteiger partial charge is 0.357 e. The van der Waals surface area contributed by atoms with Gasteiger partial charge in [-0.15, -0.1) is 0 Å². The number of anilines is 1.